The quantitative estimate of drug-likeness (QED) is 0.762. The molecule has 31 heavy (non-hydrogen) atoms. The lowest BCUT2D eigenvalue weighted by Crippen LogP contribution is -2.44. The number of piperidine rings is 1. The van der Waals surface area contributed by atoms with Crippen LogP contribution in [0.25, 0.3) is 0 Å². The van der Waals surface area contributed by atoms with Gasteiger partial charge in [-0.15, -0.1) is 0 Å². The van der Waals surface area contributed by atoms with Crippen LogP contribution in [0.5, 0.6) is 5.75 Å². The maximum atomic E-state index is 13.1. The summed E-state index contributed by atoms with van der Waals surface area (Å²) >= 11 is 0. The van der Waals surface area contributed by atoms with E-state index in [9.17, 15) is 9.59 Å². The Hall–Kier alpha value is -2.83. The first-order valence-electron chi connectivity index (χ1n) is 11.4. The molecular weight excluding hydrogens is 392 g/mol. The number of ether oxygens (including phenoxy) is 1. The van der Waals surface area contributed by atoms with Crippen molar-refractivity contribution in [2.24, 2.45) is 0 Å². The fraction of sp³-hybridized carbons (Fsp3) is 0.542. The SMILES string of the molecule is Cc1[nH]cnc1C(=O)N1CCCC(=O)N2CCCCC2CCc2cccc(c2)OCC1. The lowest BCUT2D eigenvalue weighted by Gasteiger charge is -2.36. The van der Waals surface area contributed by atoms with E-state index in [0.29, 0.717) is 44.3 Å². The number of aryl methyl sites for hydroxylation is 2. The van der Waals surface area contributed by atoms with Gasteiger partial charge in [0.1, 0.15) is 18.1 Å². The van der Waals surface area contributed by atoms with Gasteiger partial charge in [0.05, 0.1) is 12.9 Å². The Bertz CT molecular complexity index is 910. The molecule has 1 aromatic heterocycles. The first-order valence-corrected chi connectivity index (χ1v) is 11.4. The van der Waals surface area contributed by atoms with Gasteiger partial charge in [-0.3, -0.25) is 9.59 Å². The number of benzene rings is 1. The molecular formula is C24H32N4O3. The molecule has 0 aliphatic carbocycles. The number of imidazole rings is 1. The Morgan fingerprint density at radius 1 is 1.13 bits per heavy atom. The van der Waals surface area contributed by atoms with Gasteiger partial charge in [-0.2, -0.15) is 0 Å². The van der Waals surface area contributed by atoms with Crippen molar-refractivity contribution in [3.63, 3.8) is 0 Å². The number of rotatable bonds is 1. The summed E-state index contributed by atoms with van der Waals surface area (Å²) in [4.78, 5) is 37.1. The van der Waals surface area contributed by atoms with Gasteiger partial charge in [-0.1, -0.05) is 12.1 Å². The topological polar surface area (TPSA) is 78.5 Å². The van der Waals surface area contributed by atoms with E-state index in [1.54, 1.807) is 4.90 Å². The number of hydrogen-bond acceptors (Lipinski definition) is 4. The lowest BCUT2D eigenvalue weighted by molar-refractivity contribution is -0.135. The Kier molecular flexibility index (Phi) is 6.89. The van der Waals surface area contributed by atoms with E-state index in [0.717, 1.165) is 43.7 Å². The third-order valence-corrected chi connectivity index (χ3v) is 6.38. The van der Waals surface area contributed by atoms with E-state index in [1.165, 1.54) is 18.3 Å². The zero-order valence-corrected chi connectivity index (χ0v) is 18.3. The van der Waals surface area contributed by atoms with Crippen molar-refractivity contribution in [3.05, 3.63) is 47.5 Å². The van der Waals surface area contributed by atoms with E-state index >= 15 is 0 Å². The van der Waals surface area contributed by atoms with Crippen LogP contribution in [-0.4, -0.2) is 63.9 Å². The average Bonchev–Trinajstić information content (AvgIpc) is 3.22. The fourth-order valence-electron chi connectivity index (χ4n) is 4.63. The molecule has 1 saturated heterocycles. The first kappa shape index (κ1) is 21.4. The highest BCUT2D eigenvalue weighted by molar-refractivity contribution is 5.93. The second kappa shape index (κ2) is 9.98. The summed E-state index contributed by atoms with van der Waals surface area (Å²) < 4.78 is 5.98. The van der Waals surface area contributed by atoms with Crippen LogP contribution in [0.15, 0.2) is 30.6 Å². The Balaban J connectivity index is 1.53. The number of nitrogens with zero attached hydrogens (tertiary/aromatic N) is 3. The van der Waals surface area contributed by atoms with E-state index in [4.69, 9.17) is 4.74 Å². The molecule has 0 spiro atoms. The molecule has 166 valence electrons. The maximum Gasteiger partial charge on any atom is 0.274 e. The third-order valence-electron chi connectivity index (χ3n) is 6.38. The van der Waals surface area contributed by atoms with Gasteiger partial charge in [0.25, 0.3) is 5.91 Å². The fourth-order valence-corrected chi connectivity index (χ4v) is 4.63. The highest BCUT2D eigenvalue weighted by Gasteiger charge is 2.27. The number of carbonyl (C=O) groups is 2. The molecule has 1 N–H and O–H groups in total. The van der Waals surface area contributed by atoms with Gasteiger partial charge in [0.15, 0.2) is 0 Å². The Labute approximate surface area is 183 Å². The smallest absolute Gasteiger partial charge is 0.274 e. The highest BCUT2D eigenvalue weighted by Crippen LogP contribution is 2.24. The van der Waals surface area contributed by atoms with Crippen LogP contribution in [-0.2, 0) is 11.2 Å². The van der Waals surface area contributed by atoms with Crippen LogP contribution in [0, 0.1) is 6.92 Å². The van der Waals surface area contributed by atoms with Crippen molar-refractivity contribution in [2.45, 2.75) is 57.9 Å². The minimum atomic E-state index is -0.122. The summed E-state index contributed by atoms with van der Waals surface area (Å²) in [6.07, 6.45) is 7.91. The second-order valence-corrected chi connectivity index (χ2v) is 8.54. The molecule has 4 rings (SSSR count). The molecule has 1 atom stereocenters. The standard InChI is InChI=1S/C24H32N4O3/c1-18-23(26-17-25-18)24(30)27-12-5-9-22(29)28-13-3-2-7-20(28)11-10-19-6-4-8-21(16-19)31-15-14-27/h4,6,8,16-17,20H,2-3,5,7,9-15H2,1H3,(H,25,26). The van der Waals surface area contributed by atoms with Crippen molar-refractivity contribution in [1.82, 2.24) is 19.8 Å². The van der Waals surface area contributed by atoms with Crippen molar-refractivity contribution in [3.8, 4) is 5.75 Å². The molecule has 1 aromatic carbocycles. The zero-order chi connectivity index (χ0) is 21.6. The molecule has 0 saturated carbocycles. The highest BCUT2D eigenvalue weighted by atomic mass is 16.5. The molecule has 2 aliphatic rings. The molecule has 0 radical (unpaired) electrons. The molecule has 2 aromatic rings. The van der Waals surface area contributed by atoms with Crippen molar-refractivity contribution >= 4 is 11.8 Å². The maximum absolute atomic E-state index is 13.1. The molecule has 7 nitrogen and oxygen atoms in total. The molecule has 2 amide bonds. The van der Waals surface area contributed by atoms with Gasteiger partial charge in [-0.25, -0.2) is 4.98 Å². The van der Waals surface area contributed by atoms with Crippen LogP contribution in [0.3, 0.4) is 0 Å². The number of aromatic amines is 1. The van der Waals surface area contributed by atoms with Crippen LogP contribution in [0.4, 0.5) is 0 Å². The Morgan fingerprint density at radius 2 is 2.03 bits per heavy atom. The number of H-pyrrole nitrogens is 1. The zero-order valence-electron chi connectivity index (χ0n) is 18.3. The largest absolute Gasteiger partial charge is 0.492 e. The van der Waals surface area contributed by atoms with Gasteiger partial charge >= 0.3 is 0 Å². The molecule has 2 bridgehead atoms. The summed E-state index contributed by atoms with van der Waals surface area (Å²) in [6, 6.07) is 8.49. The van der Waals surface area contributed by atoms with Crippen molar-refractivity contribution in [2.75, 3.05) is 26.2 Å². The molecule has 2 aliphatic heterocycles. The van der Waals surface area contributed by atoms with E-state index in [-0.39, 0.29) is 11.8 Å². The molecule has 1 fully saturated rings. The number of nitrogens with one attached hydrogen (secondary N) is 1. The number of carbonyl (C=O) groups excluding carboxylic acids is 2. The minimum absolute atomic E-state index is 0.122. The molecule has 3 heterocycles. The summed E-state index contributed by atoms with van der Waals surface area (Å²) in [6.45, 7) is 4.06. The second-order valence-electron chi connectivity index (χ2n) is 8.54. The van der Waals surface area contributed by atoms with Crippen molar-refractivity contribution < 1.29 is 14.3 Å². The van der Waals surface area contributed by atoms with E-state index in [1.807, 2.05) is 19.1 Å². The number of amides is 2. The average molecular weight is 425 g/mol. The van der Waals surface area contributed by atoms with Crippen LogP contribution < -0.4 is 4.74 Å². The number of fused-ring (bicyclic) bond motifs is 3. The van der Waals surface area contributed by atoms with Crippen LogP contribution in [0.2, 0.25) is 0 Å². The summed E-state index contributed by atoms with van der Waals surface area (Å²) in [5.74, 6) is 0.920. The lowest BCUT2D eigenvalue weighted by atomic mass is 9.95. The summed E-state index contributed by atoms with van der Waals surface area (Å²) in [5, 5.41) is 0. The first-order chi connectivity index (χ1) is 15.1. The Morgan fingerprint density at radius 3 is 2.87 bits per heavy atom. The van der Waals surface area contributed by atoms with Gasteiger partial charge < -0.3 is 19.5 Å². The number of hydrogen-bond donors (Lipinski definition) is 1. The summed E-state index contributed by atoms with van der Waals surface area (Å²) in [7, 11) is 0. The molecule has 7 heteroatoms. The van der Waals surface area contributed by atoms with Crippen LogP contribution in [0.1, 0.15) is 60.3 Å². The predicted octanol–water partition coefficient (Wildman–Crippen LogP) is 3.35. The minimum Gasteiger partial charge on any atom is -0.492 e. The van der Waals surface area contributed by atoms with E-state index in [2.05, 4.69) is 27.0 Å². The summed E-state index contributed by atoms with van der Waals surface area (Å²) in [5.41, 5.74) is 2.41. The van der Waals surface area contributed by atoms with Crippen LogP contribution >= 0.6 is 0 Å². The number of aromatic nitrogens is 2. The predicted molar refractivity (Wildman–Crippen MR) is 118 cm³/mol. The van der Waals surface area contributed by atoms with E-state index < -0.39 is 0 Å². The van der Waals surface area contributed by atoms with Gasteiger partial charge in [0, 0.05) is 31.2 Å². The molecule has 1 unspecified atom stereocenters. The monoisotopic (exact) mass is 424 g/mol. The third kappa shape index (κ3) is 5.27. The van der Waals surface area contributed by atoms with Gasteiger partial charge in [-0.05, 0) is 63.1 Å². The van der Waals surface area contributed by atoms with Crippen molar-refractivity contribution in [1.29, 1.82) is 0 Å². The van der Waals surface area contributed by atoms with Gasteiger partial charge in [0.2, 0.25) is 5.91 Å². The normalized spacial score (nSPS) is 20.9.